The lowest BCUT2D eigenvalue weighted by Crippen LogP contribution is -2.25. The largest absolute Gasteiger partial charge is 0.395 e. The zero-order valence-electron chi connectivity index (χ0n) is 20.3. The van der Waals surface area contributed by atoms with E-state index in [2.05, 4.69) is 10.3 Å². The van der Waals surface area contributed by atoms with Crippen molar-refractivity contribution in [1.29, 1.82) is 0 Å². The predicted octanol–water partition coefficient (Wildman–Crippen LogP) is 3.88. The minimum absolute atomic E-state index is 0.0805. The molecule has 0 heterocycles. The van der Waals surface area contributed by atoms with Crippen molar-refractivity contribution < 1.29 is 19.3 Å². The van der Waals surface area contributed by atoms with Gasteiger partial charge in [-0.1, -0.05) is 98.7 Å². The maximum Gasteiger partial charge on any atom is 0.271 e. The number of oxime groups is 2. The van der Waals surface area contributed by atoms with Gasteiger partial charge in [0.2, 0.25) is 0 Å². The Morgan fingerprint density at radius 2 is 1.15 bits per heavy atom. The molecule has 0 radical (unpaired) electrons. The van der Waals surface area contributed by atoms with Crippen LogP contribution in [0.1, 0.15) is 52.7 Å². The number of amides is 2. The Hall–Kier alpha value is -3.68. The van der Waals surface area contributed by atoms with Gasteiger partial charge in [-0.05, 0) is 19.8 Å². The number of hydrogen-bond acceptors (Lipinski definition) is 6. The number of hydrogen-bond donors (Lipinski definition) is 2. The van der Waals surface area contributed by atoms with E-state index in [-0.39, 0.29) is 17.5 Å². The fraction of sp³-hybridized carbons (Fsp3) is 0.360. The van der Waals surface area contributed by atoms with Gasteiger partial charge in [0.15, 0.2) is 11.4 Å². The van der Waals surface area contributed by atoms with Gasteiger partial charge >= 0.3 is 0 Å². The Kier molecular flexibility index (Phi) is 15.1. The van der Waals surface area contributed by atoms with Gasteiger partial charge in [-0.15, -0.1) is 0 Å². The van der Waals surface area contributed by atoms with Crippen LogP contribution in [0.4, 0.5) is 0 Å². The SMILES string of the molecule is CC.CC(C)CO/N=C(/C(N)=O)c1ccccc1.CC(C)O/N=C(/C(N)=O)c1ccccc1. The second-order valence-corrected chi connectivity index (χ2v) is 7.18. The highest BCUT2D eigenvalue weighted by Crippen LogP contribution is 2.03. The first kappa shape index (κ1) is 29.3. The van der Waals surface area contributed by atoms with E-state index in [0.29, 0.717) is 23.7 Å². The minimum Gasteiger partial charge on any atom is -0.395 e. The molecule has 0 aromatic heterocycles. The van der Waals surface area contributed by atoms with Gasteiger partial charge in [0, 0.05) is 11.1 Å². The van der Waals surface area contributed by atoms with Crippen molar-refractivity contribution in [2.75, 3.05) is 6.61 Å². The number of nitrogens with two attached hydrogens (primary N) is 2. The highest BCUT2D eigenvalue weighted by Gasteiger charge is 2.11. The topological polar surface area (TPSA) is 129 Å². The maximum atomic E-state index is 11.2. The summed E-state index contributed by atoms with van der Waals surface area (Å²) in [4.78, 5) is 32.4. The normalized spacial score (nSPS) is 11.0. The number of benzene rings is 2. The first-order valence-electron chi connectivity index (χ1n) is 10.9. The van der Waals surface area contributed by atoms with Crippen LogP contribution in [0.5, 0.6) is 0 Å². The smallest absolute Gasteiger partial charge is 0.271 e. The number of carbonyl (C=O) groups is 2. The molecule has 0 bridgehead atoms. The summed E-state index contributed by atoms with van der Waals surface area (Å²) >= 11 is 0. The fourth-order valence-electron chi connectivity index (χ4n) is 2.08. The van der Waals surface area contributed by atoms with Crippen LogP contribution in [-0.2, 0) is 19.3 Å². The zero-order valence-corrected chi connectivity index (χ0v) is 20.3. The van der Waals surface area contributed by atoms with Gasteiger partial charge < -0.3 is 21.1 Å². The lowest BCUT2D eigenvalue weighted by atomic mass is 10.1. The Bertz CT molecular complexity index is 880. The van der Waals surface area contributed by atoms with Crippen LogP contribution < -0.4 is 11.5 Å². The number of primary amides is 2. The summed E-state index contributed by atoms with van der Waals surface area (Å²) in [6, 6.07) is 18.0. The molecule has 4 N–H and O–H groups in total. The molecule has 33 heavy (non-hydrogen) atoms. The third-order valence-corrected chi connectivity index (χ3v) is 3.48. The average molecular weight is 457 g/mol. The number of rotatable bonds is 9. The monoisotopic (exact) mass is 456 g/mol. The van der Waals surface area contributed by atoms with Crippen LogP contribution in [0, 0.1) is 5.92 Å². The average Bonchev–Trinajstić information content (AvgIpc) is 2.79. The maximum absolute atomic E-state index is 11.2. The van der Waals surface area contributed by atoms with E-state index in [1.165, 1.54) is 0 Å². The molecule has 2 aromatic carbocycles. The molecule has 0 fully saturated rings. The molecule has 0 saturated carbocycles. The molecule has 0 saturated heterocycles. The first-order valence-corrected chi connectivity index (χ1v) is 10.9. The Morgan fingerprint density at radius 1 is 0.758 bits per heavy atom. The van der Waals surface area contributed by atoms with Crippen molar-refractivity contribution >= 4 is 23.2 Å². The van der Waals surface area contributed by atoms with Gasteiger partial charge in [0.25, 0.3) is 11.8 Å². The highest BCUT2D eigenvalue weighted by atomic mass is 16.6. The van der Waals surface area contributed by atoms with Crippen LogP contribution in [0.3, 0.4) is 0 Å². The van der Waals surface area contributed by atoms with Gasteiger partial charge in [0.1, 0.15) is 12.7 Å². The number of carbonyl (C=O) groups excluding carboxylic acids is 2. The van der Waals surface area contributed by atoms with E-state index >= 15 is 0 Å². The summed E-state index contributed by atoms with van der Waals surface area (Å²) in [6.45, 7) is 12.1. The molecule has 2 rings (SSSR count). The van der Waals surface area contributed by atoms with Crippen molar-refractivity contribution in [3.05, 3.63) is 71.8 Å². The molecule has 0 unspecified atom stereocenters. The van der Waals surface area contributed by atoms with Crippen molar-refractivity contribution in [2.24, 2.45) is 27.7 Å². The van der Waals surface area contributed by atoms with Crippen molar-refractivity contribution in [2.45, 2.75) is 47.6 Å². The molecule has 0 aliphatic rings. The summed E-state index contributed by atoms with van der Waals surface area (Å²) in [5, 5.41) is 7.51. The predicted molar refractivity (Wildman–Crippen MR) is 133 cm³/mol. The molecule has 2 aromatic rings. The van der Waals surface area contributed by atoms with E-state index in [1.54, 1.807) is 24.3 Å². The van der Waals surface area contributed by atoms with Crippen LogP contribution in [-0.4, -0.2) is 35.9 Å². The van der Waals surface area contributed by atoms with Crippen LogP contribution in [0.25, 0.3) is 0 Å². The molecule has 0 aliphatic carbocycles. The third-order valence-electron chi connectivity index (χ3n) is 3.48. The molecule has 0 atom stereocenters. The molecule has 0 aliphatic heterocycles. The number of nitrogens with zero attached hydrogens (tertiary/aromatic N) is 2. The summed E-state index contributed by atoms with van der Waals surface area (Å²) in [5.41, 5.74) is 12.1. The Balaban J connectivity index is 0.000000578. The van der Waals surface area contributed by atoms with Crippen LogP contribution in [0.15, 0.2) is 71.0 Å². The lowest BCUT2D eigenvalue weighted by molar-refractivity contribution is -0.113. The molecule has 8 heteroatoms. The van der Waals surface area contributed by atoms with E-state index in [9.17, 15) is 9.59 Å². The van der Waals surface area contributed by atoms with E-state index in [1.807, 2.05) is 77.9 Å². The van der Waals surface area contributed by atoms with E-state index < -0.39 is 11.8 Å². The second kappa shape index (κ2) is 16.9. The molecule has 180 valence electrons. The molecule has 2 amide bonds. The second-order valence-electron chi connectivity index (χ2n) is 7.18. The van der Waals surface area contributed by atoms with E-state index in [4.69, 9.17) is 21.1 Å². The van der Waals surface area contributed by atoms with Crippen molar-refractivity contribution in [3.8, 4) is 0 Å². The first-order chi connectivity index (χ1) is 15.7. The lowest BCUT2D eigenvalue weighted by Gasteiger charge is -2.05. The molecular formula is C25H36N4O4. The molecule has 8 nitrogen and oxygen atoms in total. The van der Waals surface area contributed by atoms with Crippen molar-refractivity contribution in [1.82, 2.24) is 0 Å². The minimum atomic E-state index is -0.596. The Morgan fingerprint density at radius 3 is 1.48 bits per heavy atom. The van der Waals surface area contributed by atoms with E-state index in [0.717, 1.165) is 0 Å². The van der Waals surface area contributed by atoms with Gasteiger partial charge in [-0.2, -0.15) is 0 Å². The summed E-state index contributed by atoms with van der Waals surface area (Å²) in [5.74, 6) is -0.828. The molecule has 0 spiro atoms. The van der Waals surface area contributed by atoms with Gasteiger partial charge in [-0.3, -0.25) is 9.59 Å². The summed E-state index contributed by atoms with van der Waals surface area (Å²) < 4.78 is 0. The van der Waals surface area contributed by atoms with Gasteiger partial charge in [0.05, 0.1) is 0 Å². The summed E-state index contributed by atoms with van der Waals surface area (Å²) in [6.07, 6.45) is -0.0805. The zero-order chi connectivity index (χ0) is 25.2. The quantitative estimate of drug-likeness (QED) is 0.438. The Labute approximate surface area is 196 Å². The van der Waals surface area contributed by atoms with Crippen molar-refractivity contribution in [3.63, 3.8) is 0 Å². The standard InChI is InChI=1S/C12H16N2O2.C11H14N2O2.C2H6/c1-9(2)8-16-14-11(12(13)15)10-6-4-3-5-7-10;1-8(2)15-13-10(11(12)14)9-6-4-3-5-7-9;1-2/h3-7,9H,8H2,1-2H3,(H2,13,15);3-8H,1-2H3,(H2,12,14);1-2H3/b14-11+;13-10+;. The fourth-order valence-corrected chi connectivity index (χ4v) is 2.08. The van der Waals surface area contributed by atoms with Gasteiger partial charge in [-0.25, -0.2) is 0 Å². The van der Waals surface area contributed by atoms with Crippen LogP contribution >= 0.6 is 0 Å². The summed E-state index contributed by atoms with van der Waals surface area (Å²) in [7, 11) is 0. The molecular weight excluding hydrogens is 420 g/mol. The third kappa shape index (κ3) is 12.7. The van der Waals surface area contributed by atoms with Crippen LogP contribution in [0.2, 0.25) is 0 Å². The highest BCUT2D eigenvalue weighted by molar-refractivity contribution is 6.45.